The number of ether oxygens (including phenoxy) is 2. The maximum Gasteiger partial charge on any atom is 0.142 e. The van der Waals surface area contributed by atoms with Crippen LogP contribution in [-0.4, -0.2) is 65.5 Å². The zero-order valence-corrected chi connectivity index (χ0v) is 19.5. The molecule has 3 aromatic rings. The zero-order chi connectivity index (χ0) is 23.1. The van der Waals surface area contributed by atoms with E-state index in [1.54, 1.807) is 10.7 Å². The van der Waals surface area contributed by atoms with E-state index >= 15 is 0 Å². The highest BCUT2D eigenvalue weighted by atomic mass is 16.5. The number of rotatable bonds is 5. The summed E-state index contributed by atoms with van der Waals surface area (Å²) in [6.07, 6.45) is 3.34. The molecule has 8 heteroatoms. The lowest BCUT2D eigenvalue weighted by atomic mass is 10.1. The van der Waals surface area contributed by atoms with Crippen LogP contribution in [0.15, 0.2) is 42.6 Å². The van der Waals surface area contributed by atoms with E-state index in [-0.39, 0.29) is 18.3 Å². The maximum atomic E-state index is 9.40. The van der Waals surface area contributed by atoms with Crippen LogP contribution in [0.4, 0.5) is 5.69 Å². The predicted octanol–water partition coefficient (Wildman–Crippen LogP) is 2.56. The Bertz CT molecular complexity index is 1230. The first-order valence-electron chi connectivity index (χ1n) is 12.1. The SMILES string of the molecule is C[C@@H]1CN(c2ccc(C#N)n3nccc23)C[C@H](CN2Cc3ccc(OC4CCNC4)cc3C2)O1. The molecule has 5 heterocycles. The van der Waals surface area contributed by atoms with Crippen LogP contribution < -0.4 is 15.0 Å². The highest BCUT2D eigenvalue weighted by molar-refractivity contribution is 5.74. The molecular weight excluding hydrogens is 428 g/mol. The molecular formula is C26H30N6O2. The Labute approximate surface area is 199 Å². The Kier molecular flexibility index (Phi) is 5.61. The van der Waals surface area contributed by atoms with Gasteiger partial charge in [0.25, 0.3) is 0 Å². The number of morpholine rings is 1. The van der Waals surface area contributed by atoms with Crippen molar-refractivity contribution in [3.8, 4) is 11.8 Å². The number of aromatic nitrogens is 2. The van der Waals surface area contributed by atoms with Crippen LogP contribution in [0.1, 0.15) is 30.2 Å². The number of nitrogens with one attached hydrogen (secondary N) is 1. The van der Waals surface area contributed by atoms with Gasteiger partial charge in [0, 0.05) is 39.3 Å². The molecule has 3 aliphatic rings. The summed E-state index contributed by atoms with van der Waals surface area (Å²) in [7, 11) is 0. The Balaban J connectivity index is 1.14. The molecule has 2 fully saturated rings. The quantitative estimate of drug-likeness (QED) is 0.630. The van der Waals surface area contributed by atoms with E-state index in [9.17, 15) is 5.26 Å². The van der Waals surface area contributed by atoms with Crippen molar-refractivity contribution >= 4 is 11.2 Å². The maximum absolute atomic E-state index is 9.40. The van der Waals surface area contributed by atoms with Gasteiger partial charge >= 0.3 is 0 Å². The zero-order valence-electron chi connectivity index (χ0n) is 19.5. The Morgan fingerprint density at radius 1 is 1.18 bits per heavy atom. The molecule has 8 nitrogen and oxygen atoms in total. The Hall–Kier alpha value is -3.12. The molecule has 2 saturated heterocycles. The fourth-order valence-corrected chi connectivity index (χ4v) is 5.55. The van der Waals surface area contributed by atoms with Gasteiger partial charge in [0.05, 0.1) is 29.6 Å². The van der Waals surface area contributed by atoms with E-state index in [1.165, 1.54) is 11.1 Å². The predicted molar refractivity (Wildman–Crippen MR) is 129 cm³/mol. The van der Waals surface area contributed by atoms with Crippen LogP contribution in [0, 0.1) is 11.3 Å². The Morgan fingerprint density at radius 2 is 2.09 bits per heavy atom. The van der Waals surface area contributed by atoms with Crippen LogP contribution >= 0.6 is 0 Å². The molecule has 0 saturated carbocycles. The monoisotopic (exact) mass is 458 g/mol. The lowest BCUT2D eigenvalue weighted by molar-refractivity contribution is -0.0329. The number of nitrogens with zero attached hydrogens (tertiary/aromatic N) is 5. The number of fused-ring (bicyclic) bond motifs is 2. The van der Waals surface area contributed by atoms with Gasteiger partial charge in [-0.15, -0.1) is 0 Å². The van der Waals surface area contributed by atoms with Gasteiger partial charge in [0.2, 0.25) is 0 Å². The third kappa shape index (κ3) is 4.11. The summed E-state index contributed by atoms with van der Waals surface area (Å²) >= 11 is 0. The molecule has 6 rings (SSSR count). The highest BCUT2D eigenvalue weighted by Gasteiger charge is 2.30. The van der Waals surface area contributed by atoms with E-state index < -0.39 is 0 Å². The van der Waals surface area contributed by atoms with Crippen molar-refractivity contribution in [1.29, 1.82) is 5.26 Å². The summed E-state index contributed by atoms with van der Waals surface area (Å²) in [6, 6.07) is 14.6. The van der Waals surface area contributed by atoms with Crippen LogP contribution in [0.3, 0.4) is 0 Å². The van der Waals surface area contributed by atoms with Gasteiger partial charge in [0.15, 0.2) is 0 Å². The van der Waals surface area contributed by atoms with E-state index in [0.717, 1.165) is 69.2 Å². The molecule has 2 aromatic heterocycles. The molecule has 1 unspecified atom stereocenters. The molecule has 3 aliphatic heterocycles. The van der Waals surface area contributed by atoms with Gasteiger partial charge in [-0.1, -0.05) is 6.07 Å². The van der Waals surface area contributed by atoms with Crippen molar-refractivity contribution < 1.29 is 9.47 Å². The van der Waals surface area contributed by atoms with Crippen molar-refractivity contribution in [3.05, 3.63) is 59.4 Å². The van der Waals surface area contributed by atoms with Crippen LogP contribution in [-0.2, 0) is 17.8 Å². The topological polar surface area (TPSA) is 78.1 Å². The number of hydrogen-bond donors (Lipinski definition) is 1. The first-order valence-corrected chi connectivity index (χ1v) is 12.1. The van der Waals surface area contributed by atoms with Gasteiger partial charge in [-0.2, -0.15) is 10.4 Å². The molecule has 3 atom stereocenters. The van der Waals surface area contributed by atoms with Crippen molar-refractivity contribution in [1.82, 2.24) is 19.8 Å². The minimum absolute atomic E-state index is 0.108. The summed E-state index contributed by atoms with van der Waals surface area (Å²) in [5.41, 5.74) is 5.35. The molecule has 0 amide bonds. The van der Waals surface area contributed by atoms with Crippen molar-refractivity contribution in [2.75, 3.05) is 37.6 Å². The van der Waals surface area contributed by atoms with Gasteiger partial charge in [-0.05, 0) is 61.3 Å². The number of hydrogen-bond acceptors (Lipinski definition) is 7. The number of benzene rings is 1. The molecule has 0 radical (unpaired) electrons. The number of nitriles is 1. The molecule has 0 bridgehead atoms. The number of pyridine rings is 1. The molecule has 176 valence electrons. The lowest BCUT2D eigenvalue weighted by Gasteiger charge is -2.39. The van der Waals surface area contributed by atoms with Gasteiger partial charge in [0.1, 0.15) is 23.6 Å². The van der Waals surface area contributed by atoms with Crippen LogP contribution in [0.5, 0.6) is 5.75 Å². The van der Waals surface area contributed by atoms with Gasteiger partial charge in [-0.3, -0.25) is 4.90 Å². The molecule has 1 aromatic carbocycles. The average molecular weight is 459 g/mol. The van der Waals surface area contributed by atoms with Crippen molar-refractivity contribution in [3.63, 3.8) is 0 Å². The third-order valence-electron chi connectivity index (χ3n) is 7.06. The van der Waals surface area contributed by atoms with E-state index in [2.05, 4.69) is 51.4 Å². The van der Waals surface area contributed by atoms with Crippen molar-refractivity contribution in [2.45, 2.75) is 44.7 Å². The summed E-state index contributed by atoms with van der Waals surface area (Å²) < 4.78 is 14.3. The normalized spacial score (nSPS) is 24.9. The minimum atomic E-state index is 0.108. The van der Waals surface area contributed by atoms with E-state index in [1.807, 2.05) is 18.2 Å². The standard InChI is InChI=1S/C26H30N6O2/c1-18-13-31(25-5-3-21(11-27)32-26(25)7-9-29-32)17-24(33-18)16-30-14-19-2-4-22(10-20(19)15-30)34-23-6-8-28-12-23/h2-5,7,9-10,18,23-24,28H,6,8,12-17H2,1H3/t18-,23?,24+/m1/s1. The van der Waals surface area contributed by atoms with Crippen LogP contribution in [0.25, 0.3) is 5.52 Å². The minimum Gasteiger partial charge on any atom is -0.489 e. The summed E-state index contributed by atoms with van der Waals surface area (Å²) in [6.45, 7) is 8.48. The first kappa shape index (κ1) is 21.4. The highest BCUT2D eigenvalue weighted by Crippen LogP contribution is 2.30. The van der Waals surface area contributed by atoms with Crippen molar-refractivity contribution in [2.24, 2.45) is 0 Å². The van der Waals surface area contributed by atoms with E-state index in [4.69, 9.17) is 9.47 Å². The largest absolute Gasteiger partial charge is 0.489 e. The second kappa shape index (κ2) is 8.91. The van der Waals surface area contributed by atoms with E-state index in [0.29, 0.717) is 5.69 Å². The molecule has 34 heavy (non-hydrogen) atoms. The summed E-state index contributed by atoms with van der Waals surface area (Å²) in [5.74, 6) is 0.980. The molecule has 0 aliphatic carbocycles. The molecule has 1 N–H and O–H groups in total. The van der Waals surface area contributed by atoms with Crippen LogP contribution in [0.2, 0.25) is 0 Å². The first-order chi connectivity index (χ1) is 16.7. The second-order valence-corrected chi connectivity index (χ2v) is 9.65. The fourth-order valence-electron chi connectivity index (χ4n) is 5.55. The Morgan fingerprint density at radius 3 is 2.94 bits per heavy atom. The molecule has 0 spiro atoms. The average Bonchev–Trinajstić information content (AvgIpc) is 3.58. The summed E-state index contributed by atoms with van der Waals surface area (Å²) in [5, 5.41) is 17.1. The second-order valence-electron chi connectivity index (χ2n) is 9.65. The number of anilines is 1. The lowest BCUT2D eigenvalue weighted by Crippen LogP contribution is -2.50. The third-order valence-corrected chi connectivity index (χ3v) is 7.06. The fraction of sp³-hybridized carbons (Fsp3) is 0.462. The summed E-state index contributed by atoms with van der Waals surface area (Å²) in [4.78, 5) is 4.85. The smallest absolute Gasteiger partial charge is 0.142 e. The van der Waals surface area contributed by atoms with Gasteiger partial charge < -0.3 is 19.7 Å². The van der Waals surface area contributed by atoms with Gasteiger partial charge in [-0.25, -0.2) is 4.52 Å².